The predicted octanol–water partition coefficient (Wildman–Crippen LogP) is 3.54. The summed E-state index contributed by atoms with van der Waals surface area (Å²) in [6.07, 6.45) is 9.52. The maximum absolute atomic E-state index is 5.71. The van der Waals surface area contributed by atoms with E-state index in [1.807, 2.05) is 0 Å². The topological polar surface area (TPSA) is 43.8 Å². The number of hydrogen-bond donors (Lipinski definition) is 1. The molecule has 0 unspecified atom stereocenters. The molecule has 1 aliphatic rings. The molecule has 1 aliphatic carbocycles. The zero-order valence-electron chi connectivity index (χ0n) is 12.4. The molecule has 0 saturated heterocycles. The highest BCUT2D eigenvalue weighted by Gasteiger charge is 2.15. The van der Waals surface area contributed by atoms with Gasteiger partial charge in [-0.1, -0.05) is 38.2 Å². The second-order valence-corrected chi connectivity index (χ2v) is 6.16. The van der Waals surface area contributed by atoms with Crippen LogP contribution in [0.5, 0.6) is 0 Å². The van der Waals surface area contributed by atoms with Gasteiger partial charge in [0.15, 0.2) is 0 Å². The standard InChI is InChI=1S/C17H25N3/c1-20-16-9-7-14(12-18)11-15(16)19-17(20)10-8-13-5-3-2-4-6-13/h7,9,11,13H,2-6,8,10,12,18H2,1H3. The minimum Gasteiger partial charge on any atom is -0.331 e. The Bertz CT molecular complexity index is 579. The monoisotopic (exact) mass is 271 g/mol. The molecular formula is C17H25N3. The van der Waals surface area contributed by atoms with Crippen molar-refractivity contribution in [2.24, 2.45) is 18.7 Å². The summed E-state index contributed by atoms with van der Waals surface area (Å²) in [7, 11) is 2.13. The molecule has 0 aliphatic heterocycles. The molecule has 108 valence electrons. The number of benzene rings is 1. The molecule has 0 amide bonds. The first-order valence-electron chi connectivity index (χ1n) is 7.92. The van der Waals surface area contributed by atoms with Gasteiger partial charge in [0.2, 0.25) is 0 Å². The van der Waals surface area contributed by atoms with E-state index in [2.05, 4.69) is 29.8 Å². The number of nitrogens with zero attached hydrogens (tertiary/aromatic N) is 2. The lowest BCUT2D eigenvalue weighted by molar-refractivity contribution is 0.336. The van der Waals surface area contributed by atoms with Crippen LogP contribution < -0.4 is 5.73 Å². The number of hydrogen-bond acceptors (Lipinski definition) is 2. The fourth-order valence-electron chi connectivity index (χ4n) is 3.45. The van der Waals surface area contributed by atoms with E-state index in [4.69, 9.17) is 10.7 Å². The van der Waals surface area contributed by atoms with Gasteiger partial charge >= 0.3 is 0 Å². The van der Waals surface area contributed by atoms with Crippen molar-refractivity contribution in [2.75, 3.05) is 0 Å². The number of aromatic nitrogens is 2. The molecule has 0 bridgehead atoms. The lowest BCUT2D eigenvalue weighted by atomic mass is 9.86. The summed E-state index contributed by atoms with van der Waals surface area (Å²) in [5, 5.41) is 0. The van der Waals surface area contributed by atoms with Gasteiger partial charge in [0.05, 0.1) is 11.0 Å². The van der Waals surface area contributed by atoms with Crippen LogP contribution in [0.1, 0.15) is 49.9 Å². The lowest BCUT2D eigenvalue weighted by Crippen LogP contribution is -2.09. The lowest BCUT2D eigenvalue weighted by Gasteiger charge is -2.21. The third-order valence-electron chi connectivity index (χ3n) is 4.77. The van der Waals surface area contributed by atoms with Crippen LogP contribution in [0.2, 0.25) is 0 Å². The molecule has 1 aromatic heterocycles. The van der Waals surface area contributed by atoms with Crippen molar-refractivity contribution >= 4 is 11.0 Å². The van der Waals surface area contributed by atoms with Crippen LogP contribution in [-0.4, -0.2) is 9.55 Å². The molecule has 1 aromatic carbocycles. The normalized spacial score (nSPS) is 16.9. The Labute approximate surface area is 121 Å². The summed E-state index contributed by atoms with van der Waals surface area (Å²) in [5.74, 6) is 2.14. The van der Waals surface area contributed by atoms with Crippen LogP contribution in [0.25, 0.3) is 11.0 Å². The zero-order chi connectivity index (χ0) is 13.9. The smallest absolute Gasteiger partial charge is 0.109 e. The molecule has 3 heteroatoms. The Hall–Kier alpha value is -1.35. The first-order chi connectivity index (χ1) is 9.78. The second kappa shape index (κ2) is 5.96. The van der Waals surface area contributed by atoms with Gasteiger partial charge in [0.1, 0.15) is 5.82 Å². The maximum Gasteiger partial charge on any atom is 0.109 e. The Kier molecular flexibility index (Phi) is 4.06. The molecule has 2 aromatic rings. The number of imidazole rings is 1. The van der Waals surface area contributed by atoms with Crippen molar-refractivity contribution in [3.63, 3.8) is 0 Å². The van der Waals surface area contributed by atoms with E-state index < -0.39 is 0 Å². The minimum absolute atomic E-state index is 0.587. The van der Waals surface area contributed by atoms with Crippen LogP contribution in [0.3, 0.4) is 0 Å². The third-order valence-corrected chi connectivity index (χ3v) is 4.77. The molecule has 0 radical (unpaired) electrons. The van der Waals surface area contributed by atoms with E-state index in [9.17, 15) is 0 Å². The summed E-state index contributed by atoms with van der Waals surface area (Å²) >= 11 is 0. The molecule has 1 saturated carbocycles. The first kappa shape index (κ1) is 13.6. The number of aryl methyl sites for hydroxylation is 2. The van der Waals surface area contributed by atoms with Crippen molar-refractivity contribution < 1.29 is 0 Å². The van der Waals surface area contributed by atoms with Crippen molar-refractivity contribution in [1.29, 1.82) is 0 Å². The second-order valence-electron chi connectivity index (χ2n) is 6.16. The van der Waals surface area contributed by atoms with E-state index in [-0.39, 0.29) is 0 Å². The highest BCUT2D eigenvalue weighted by atomic mass is 15.1. The van der Waals surface area contributed by atoms with E-state index in [0.29, 0.717) is 6.54 Å². The average Bonchev–Trinajstić information content (AvgIpc) is 2.82. The van der Waals surface area contributed by atoms with E-state index in [1.54, 1.807) is 0 Å². The molecule has 2 N–H and O–H groups in total. The van der Waals surface area contributed by atoms with Gasteiger partial charge in [-0.05, 0) is 30.0 Å². The summed E-state index contributed by atoms with van der Waals surface area (Å²) in [4.78, 5) is 4.81. The van der Waals surface area contributed by atoms with Gasteiger partial charge in [-0.15, -0.1) is 0 Å². The molecule has 1 heterocycles. The number of nitrogens with two attached hydrogens (primary N) is 1. The molecule has 0 atom stereocenters. The fraction of sp³-hybridized carbons (Fsp3) is 0.588. The molecule has 3 nitrogen and oxygen atoms in total. The van der Waals surface area contributed by atoms with Crippen molar-refractivity contribution in [3.05, 3.63) is 29.6 Å². The highest BCUT2D eigenvalue weighted by Crippen LogP contribution is 2.28. The van der Waals surface area contributed by atoms with Crippen LogP contribution in [0, 0.1) is 5.92 Å². The zero-order valence-corrected chi connectivity index (χ0v) is 12.4. The molecular weight excluding hydrogens is 246 g/mol. The first-order valence-corrected chi connectivity index (χ1v) is 7.92. The van der Waals surface area contributed by atoms with Gasteiger partial charge < -0.3 is 10.3 Å². The third kappa shape index (κ3) is 2.73. The van der Waals surface area contributed by atoms with E-state index >= 15 is 0 Å². The van der Waals surface area contributed by atoms with Crippen LogP contribution in [-0.2, 0) is 20.0 Å². The van der Waals surface area contributed by atoms with Crippen molar-refractivity contribution in [3.8, 4) is 0 Å². The minimum atomic E-state index is 0.587. The summed E-state index contributed by atoms with van der Waals surface area (Å²) in [5.41, 5.74) is 9.18. The fourth-order valence-corrected chi connectivity index (χ4v) is 3.45. The Morgan fingerprint density at radius 3 is 2.80 bits per heavy atom. The Balaban J connectivity index is 1.75. The molecule has 20 heavy (non-hydrogen) atoms. The van der Waals surface area contributed by atoms with Gasteiger partial charge in [0, 0.05) is 20.0 Å². The van der Waals surface area contributed by atoms with Gasteiger partial charge in [-0.2, -0.15) is 0 Å². The maximum atomic E-state index is 5.71. The highest BCUT2D eigenvalue weighted by molar-refractivity contribution is 5.76. The molecule has 1 fully saturated rings. The van der Waals surface area contributed by atoms with Gasteiger partial charge in [0.25, 0.3) is 0 Å². The van der Waals surface area contributed by atoms with Gasteiger partial charge in [-0.25, -0.2) is 4.98 Å². The largest absolute Gasteiger partial charge is 0.331 e. The Morgan fingerprint density at radius 1 is 1.25 bits per heavy atom. The summed E-state index contributed by atoms with van der Waals surface area (Å²) in [6.45, 7) is 0.587. The van der Waals surface area contributed by atoms with E-state index in [0.717, 1.165) is 23.4 Å². The Morgan fingerprint density at radius 2 is 2.05 bits per heavy atom. The summed E-state index contributed by atoms with van der Waals surface area (Å²) in [6, 6.07) is 6.38. The van der Waals surface area contributed by atoms with Crippen molar-refractivity contribution in [1.82, 2.24) is 9.55 Å². The number of fused-ring (bicyclic) bond motifs is 1. The van der Waals surface area contributed by atoms with Crippen LogP contribution in [0.15, 0.2) is 18.2 Å². The van der Waals surface area contributed by atoms with E-state index in [1.165, 1.54) is 49.9 Å². The molecule has 3 rings (SSSR count). The average molecular weight is 271 g/mol. The van der Waals surface area contributed by atoms with Crippen molar-refractivity contribution in [2.45, 2.75) is 51.5 Å². The predicted molar refractivity (Wildman–Crippen MR) is 83.5 cm³/mol. The molecule has 0 spiro atoms. The van der Waals surface area contributed by atoms with Gasteiger partial charge in [-0.3, -0.25) is 0 Å². The quantitative estimate of drug-likeness (QED) is 0.924. The summed E-state index contributed by atoms with van der Waals surface area (Å²) < 4.78 is 2.25. The SMILES string of the molecule is Cn1c(CCC2CCCCC2)nc2cc(CN)ccc21. The van der Waals surface area contributed by atoms with Crippen LogP contribution in [0.4, 0.5) is 0 Å². The number of rotatable bonds is 4. The van der Waals surface area contributed by atoms with Crippen LogP contribution >= 0.6 is 0 Å².